The molecule has 1 aliphatic heterocycles. The number of benzene rings is 1. The highest BCUT2D eigenvalue weighted by Crippen LogP contribution is 2.32. The molecule has 0 saturated heterocycles. The second-order valence-corrected chi connectivity index (χ2v) is 3.29. The molecule has 0 unspecified atom stereocenters. The molecule has 2 rings (SSSR count). The molecule has 0 bridgehead atoms. The van der Waals surface area contributed by atoms with Crippen LogP contribution < -0.4 is 15.2 Å². The van der Waals surface area contributed by atoms with Crippen molar-refractivity contribution in [2.75, 3.05) is 13.8 Å². The summed E-state index contributed by atoms with van der Waals surface area (Å²) >= 11 is 0. The molecule has 2 N–H and O–H groups in total. The maximum absolute atomic E-state index is 5.30. The zero-order valence-corrected chi connectivity index (χ0v) is 9.45. The lowest BCUT2D eigenvalue weighted by atomic mass is 10.1. The minimum Gasteiger partial charge on any atom is -0.454 e. The van der Waals surface area contributed by atoms with E-state index in [1.807, 2.05) is 6.07 Å². The van der Waals surface area contributed by atoms with Crippen molar-refractivity contribution in [3.8, 4) is 11.5 Å². The predicted octanol–water partition coefficient (Wildman–Crippen LogP) is 2.33. The molecule has 1 heterocycles. The van der Waals surface area contributed by atoms with Gasteiger partial charge in [0.2, 0.25) is 6.79 Å². The van der Waals surface area contributed by atoms with Crippen LogP contribution in [0.25, 0.3) is 0 Å². The van der Waals surface area contributed by atoms with E-state index in [9.17, 15) is 0 Å². The van der Waals surface area contributed by atoms with Crippen LogP contribution in [0.4, 0.5) is 0 Å². The average Bonchev–Trinajstić information content (AvgIpc) is 2.76. The summed E-state index contributed by atoms with van der Waals surface area (Å²) in [5.41, 5.74) is 5.84. The summed E-state index contributed by atoms with van der Waals surface area (Å²) in [6.07, 6.45) is 3.60. The summed E-state index contributed by atoms with van der Waals surface area (Å²) in [7, 11) is 1.50. The second-order valence-electron chi connectivity index (χ2n) is 3.29. The van der Waals surface area contributed by atoms with Gasteiger partial charge < -0.3 is 15.2 Å². The molecule has 3 nitrogen and oxygen atoms in total. The van der Waals surface area contributed by atoms with E-state index in [-0.39, 0.29) is 0 Å². The Kier molecular flexibility index (Phi) is 4.98. The van der Waals surface area contributed by atoms with Crippen LogP contribution in [0.5, 0.6) is 11.5 Å². The fraction of sp³-hybridized carbons (Fsp3) is 0.500. The molecular weight excluding hydrogens is 190 g/mol. The van der Waals surface area contributed by atoms with E-state index in [2.05, 4.69) is 24.8 Å². The van der Waals surface area contributed by atoms with Crippen LogP contribution in [-0.2, 0) is 6.42 Å². The van der Waals surface area contributed by atoms with Gasteiger partial charge in [-0.15, -0.1) is 0 Å². The van der Waals surface area contributed by atoms with Crippen LogP contribution in [0, 0.1) is 0 Å². The molecule has 1 aromatic rings. The van der Waals surface area contributed by atoms with Crippen LogP contribution >= 0.6 is 0 Å². The molecule has 0 radical (unpaired) electrons. The molecule has 3 heteroatoms. The smallest absolute Gasteiger partial charge is 0.231 e. The van der Waals surface area contributed by atoms with Crippen LogP contribution in [-0.4, -0.2) is 13.8 Å². The normalized spacial score (nSPS) is 11.9. The molecule has 0 spiro atoms. The highest BCUT2D eigenvalue weighted by atomic mass is 16.7. The molecule has 0 amide bonds. The topological polar surface area (TPSA) is 44.5 Å². The highest BCUT2D eigenvalue weighted by Gasteiger charge is 2.12. The zero-order chi connectivity index (χ0) is 11.1. The van der Waals surface area contributed by atoms with E-state index in [0.29, 0.717) is 6.79 Å². The van der Waals surface area contributed by atoms with Gasteiger partial charge in [-0.1, -0.05) is 19.4 Å². The first-order chi connectivity index (χ1) is 7.40. The number of ether oxygens (including phenoxy) is 2. The first-order valence-corrected chi connectivity index (χ1v) is 5.36. The summed E-state index contributed by atoms with van der Waals surface area (Å²) in [5, 5.41) is 0. The Morgan fingerprint density at radius 2 is 1.93 bits per heavy atom. The van der Waals surface area contributed by atoms with Crippen LogP contribution in [0.15, 0.2) is 18.2 Å². The van der Waals surface area contributed by atoms with E-state index in [0.717, 1.165) is 17.9 Å². The minimum absolute atomic E-state index is 0.368. The van der Waals surface area contributed by atoms with E-state index in [4.69, 9.17) is 9.47 Å². The van der Waals surface area contributed by atoms with Gasteiger partial charge in [-0.2, -0.15) is 0 Å². The Labute approximate surface area is 91.2 Å². The minimum atomic E-state index is 0.368. The van der Waals surface area contributed by atoms with Crippen LogP contribution in [0.1, 0.15) is 25.3 Å². The molecule has 15 heavy (non-hydrogen) atoms. The quantitative estimate of drug-likeness (QED) is 0.831. The fourth-order valence-electron chi connectivity index (χ4n) is 1.48. The molecule has 0 atom stereocenters. The van der Waals surface area contributed by atoms with Gasteiger partial charge in [0.15, 0.2) is 11.5 Å². The van der Waals surface area contributed by atoms with Crippen molar-refractivity contribution >= 4 is 0 Å². The standard InChI is InChI=1S/C11H14O2.CH5N/c1-2-3-4-9-5-6-10-11(7-9)13-8-12-10;1-2/h5-7H,2-4,8H2,1H3;2H2,1H3. The van der Waals surface area contributed by atoms with Gasteiger partial charge in [0.25, 0.3) is 0 Å². The summed E-state index contributed by atoms with van der Waals surface area (Å²) in [4.78, 5) is 0. The number of fused-ring (bicyclic) bond motifs is 1. The monoisotopic (exact) mass is 209 g/mol. The van der Waals surface area contributed by atoms with Crippen molar-refractivity contribution < 1.29 is 9.47 Å². The lowest BCUT2D eigenvalue weighted by Gasteiger charge is -2.01. The predicted molar refractivity (Wildman–Crippen MR) is 61.3 cm³/mol. The van der Waals surface area contributed by atoms with Crippen molar-refractivity contribution in [2.45, 2.75) is 26.2 Å². The average molecular weight is 209 g/mol. The Balaban J connectivity index is 0.000000531. The van der Waals surface area contributed by atoms with Crippen molar-refractivity contribution in [1.82, 2.24) is 0 Å². The summed E-state index contributed by atoms with van der Waals surface area (Å²) < 4.78 is 10.5. The molecular formula is C12H19NO2. The van der Waals surface area contributed by atoms with Gasteiger partial charge in [0.05, 0.1) is 0 Å². The van der Waals surface area contributed by atoms with Gasteiger partial charge in [-0.05, 0) is 37.6 Å². The van der Waals surface area contributed by atoms with Crippen LogP contribution in [0.3, 0.4) is 0 Å². The summed E-state index contributed by atoms with van der Waals surface area (Å²) in [6, 6.07) is 6.19. The van der Waals surface area contributed by atoms with Crippen molar-refractivity contribution in [2.24, 2.45) is 5.73 Å². The third kappa shape index (κ3) is 3.13. The van der Waals surface area contributed by atoms with Crippen molar-refractivity contribution in [3.05, 3.63) is 23.8 Å². The van der Waals surface area contributed by atoms with Gasteiger partial charge in [0.1, 0.15) is 0 Å². The Hall–Kier alpha value is -1.22. The maximum atomic E-state index is 5.30. The molecule has 0 aliphatic carbocycles. The number of unbranched alkanes of at least 4 members (excludes halogenated alkanes) is 1. The Bertz CT molecular complexity index is 300. The number of rotatable bonds is 3. The SMILES string of the molecule is CCCCc1ccc2c(c1)OCO2.CN. The van der Waals surface area contributed by atoms with Crippen LogP contribution in [0.2, 0.25) is 0 Å². The summed E-state index contributed by atoms with van der Waals surface area (Å²) in [5.74, 6) is 1.77. The number of hydrogen-bond donors (Lipinski definition) is 1. The summed E-state index contributed by atoms with van der Waals surface area (Å²) in [6.45, 7) is 2.57. The molecule has 84 valence electrons. The number of hydrogen-bond acceptors (Lipinski definition) is 3. The highest BCUT2D eigenvalue weighted by molar-refractivity contribution is 5.44. The third-order valence-electron chi connectivity index (χ3n) is 2.26. The first kappa shape index (κ1) is 11.9. The Morgan fingerprint density at radius 3 is 2.67 bits per heavy atom. The number of nitrogens with two attached hydrogens (primary N) is 1. The molecule has 1 aliphatic rings. The fourth-order valence-corrected chi connectivity index (χ4v) is 1.48. The largest absolute Gasteiger partial charge is 0.454 e. The zero-order valence-electron chi connectivity index (χ0n) is 9.45. The third-order valence-corrected chi connectivity index (χ3v) is 2.26. The molecule has 0 fully saturated rings. The molecule has 0 aromatic heterocycles. The van der Waals surface area contributed by atoms with E-state index < -0.39 is 0 Å². The lowest BCUT2D eigenvalue weighted by molar-refractivity contribution is 0.174. The first-order valence-electron chi connectivity index (χ1n) is 5.36. The number of aryl methyl sites for hydroxylation is 1. The van der Waals surface area contributed by atoms with Gasteiger partial charge >= 0.3 is 0 Å². The van der Waals surface area contributed by atoms with E-state index in [1.165, 1.54) is 25.5 Å². The van der Waals surface area contributed by atoms with Gasteiger partial charge in [-0.25, -0.2) is 0 Å². The Morgan fingerprint density at radius 1 is 1.20 bits per heavy atom. The van der Waals surface area contributed by atoms with Crippen molar-refractivity contribution in [1.29, 1.82) is 0 Å². The second kappa shape index (κ2) is 6.30. The van der Waals surface area contributed by atoms with Crippen molar-refractivity contribution in [3.63, 3.8) is 0 Å². The van der Waals surface area contributed by atoms with Gasteiger partial charge in [-0.3, -0.25) is 0 Å². The molecule has 0 saturated carbocycles. The molecule has 1 aromatic carbocycles. The lowest BCUT2D eigenvalue weighted by Crippen LogP contribution is -1.92. The maximum Gasteiger partial charge on any atom is 0.231 e. The van der Waals surface area contributed by atoms with E-state index >= 15 is 0 Å². The van der Waals surface area contributed by atoms with Gasteiger partial charge in [0, 0.05) is 0 Å². The van der Waals surface area contributed by atoms with E-state index in [1.54, 1.807) is 0 Å².